The molecule has 1 amide bonds. The van der Waals surface area contributed by atoms with E-state index in [1.807, 2.05) is 67.8 Å². The van der Waals surface area contributed by atoms with Gasteiger partial charge in [-0.05, 0) is 57.5 Å². The molecule has 0 atom stereocenters. The van der Waals surface area contributed by atoms with Gasteiger partial charge in [0.15, 0.2) is 6.61 Å². The summed E-state index contributed by atoms with van der Waals surface area (Å²) in [6, 6.07) is 13.3. The number of nitriles is 1. The normalized spacial score (nSPS) is 11.3. The fraction of sp³-hybridized carbons (Fsp3) is 0.308. The molecule has 35 heavy (non-hydrogen) atoms. The second kappa shape index (κ2) is 11.3. The molecule has 0 aliphatic heterocycles. The smallest absolute Gasteiger partial charge is 0.349 e. The van der Waals surface area contributed by atoms with Crippen LogP contribution in [0.15, 0.2) is 42.0 Å². The van der Waals surface area contributed by atoms with Crippen LogP contribution in [-0.2, 0) is 25.6 Å². The molecule has 9 heteroatoms. The summed E-state index contributed by atoms with van der Waals surface area (Å²) < 4.78 is 14.0. The third-order valence-corrected chi connectivity index (χ3v) is 5.66. The number of nitrogens with zero attached hydrogens (tertiary/aromatic N) is 4. The summed E-state index contributed by atoms with van der Waals surface area (Å²) in [4.78, 5) is 25.0. The highest BCUT2D eigenvalue weighted by Gasteiger charge is 2.18. The molecule has 0 radical (unpaired) electrons. The highest BCUT2D eigenvalue weighted by molar-refractivity contribution is 6.00. The van der Waals surface area contributed by atoms with Crippen LogP contribution in [0.1, 0.15) is 28.3 Å². The molecule has 0 spiro atoms. The van der Waals surface area contributed by atoms with Crippen LogP contribution >= 0.6 is 0 Å². The zero-order valence-electron chi connectivity index (χ0n) is 20.6. The fourth-order valence-corrected chi connectivity index (χ4v) is 3.82. The summed E-state index contributed by atoms with van der Waals surface area (Å²) in [7, 11) is 1.63. The summed E-state index contributed by atoms with van der Waals surface area (Å²) in [6.07, 6.45) is 1.48. The number of hydrogen-bond acceptors (Lipinski definition) is 6. The number of nitrogens with one attached hydrogen (secondary N) is 1. The molecule has 3 aromatic rings. The minimum atomic E-state index is -0.863. The Morgan fingerprint density at radius 2 is 1.86 bits per heavy atom. The lowest BCUT2D eigenvalue weighted by Crippen LogP contribution is -2.22. The summed E-state index contributed by atoms with van der Waals surface area (Å²) in [5.41, 5.74) is 5.23. The van der Waals surface area contributed by atoms with E-state index in [1.54, 1.807) is 18.7 Å². The highest BCUT2D eigenvalue weighted by Crippen LogP contribution is 2.23. The Kier molecular flexibility index (Phi) is 8.23. The quantitative estimate of drug-likeness (QED) is 0.287. The molecule has 0 saturated carbocycles. The summed E-state index contributed by atoms with van der Waals surface area (Å²) >= 11 is 0. The first-order valence-corrected chi connectivity index (χ1v) is 11.1. The van der Waals surface area contributed by atoms with Crippen LogP contribution in [0.25, 0.3) is 11.8 Å². The lowest BCUT2D eigenvalue weighted by atomic mass is 10.1. The number of benzene rings is 1. The number of carbonyl (C=O) groups excluding carboxylic acids is 2. The molecule has 1 aromatic carbocycles. The number of para-hydroxylation sites is 1. The molecule has 182 valence electrons. The molecule has 9 nitrogen and oxygen atoms in total. The molecule has 2 heterocycles. The Balaban J connectivity index is 1.67. The van der Waals surface area contributed by atoms with E-state index in [0.29, 0.717) is 24.5 Å². The van der Waals surface area contributed by atoms with Crippen LogP contribution in [0, 0.1) is 39.0 Å². The van der Waals surface area contributed by atoms with Crippen LogP contribution in [0.2, 0.25) is 0 Å². The first kappa shape index (κ1) is 25.5. The van der Waals surface area contributed by atoms with E-state index < -0.39 is 18.5 Å². The van der Waals surface area contributed by atoms with Crippen molar-refractivity contribution in [3.05, 3.63) is 70.3 Å². The van der Waals surface area contributed by atoms with Gasteiger partial charge in [0.2, 0.25) is 0 Å². The number of aromatic nitrogens is 3. The number of anilines is 1. The van der Waals surface area contributed by atoms with Crippen LogP contribution in [0.5, 0.6) is 0 Å². The van der Waals surface area contributed by atoms with Gasteiger partial charge in [0.25, 0.3) is 5.91 Å². The number of methoxy groups -OCH3 is 1. The molecule has 0 fully saturated rings. The first-order chi connectivity index (χ1) is 16.8. The standard InChI is InChI=1S/C26H29N5O4/c1-17-13-21(19(3)30(17)11-12-34-5)14-22(15-27)26(33)35-16-24(32)28-25-18(2)29-31(20(25)4)23-9-7-6-8-10-23/h6-10,13-14H,11-12,16H2,1-5H3,(H,28,32). The predicted octanol–water partition coefficient (Wildman–Crippen LogP) is 3.64. The minimum absolute atomic E-state index is 0.186. The van der Waals surface area contributed by atoms with Crippen LogP contribution < -0.4 is 5.32 Å². The second-order valence-corrected chi connectivity index (χ2v) is 8.06. The maximum atomic E-state index is 12.5. The summed E-state index contributed by atoms with van der Waals surface area (Å²) in [6.45, 7) is 8.16. The van der Waals surface area contributed by atoms with Gasteiger partial charge in [0.05, 0.1) is 29.4 Å². The first-order valence-electron chi connectivity index (χ1n) is 11.1. The van der Waals surface area contributed by atoms with E-state index in [0.717, 1.165) is 28.3 Å². The Morgan fingerprint density at radius 1 is 1.14 bits per heavy atom. The molecule has 3 rings (SSSR count). The Bertz CT molecular complexity index is 1300. The van der Waals surface area contributed by atoms with Crippen LogP contribution in [0.3, 0.4) is 0 Å². The van der Waals surface area contributed by atoms with Crippen molar-refractivity contribution < 1.29 is 19.1 Å². The number of esters is 1. The van der Waals surface area contributed by atoms with Crippen molar-refractivity contribution in [2.45, 2.75) is 34.2 Å². The Labute approximate surface area is 204 Å². The number of rotatable bonds is 9. The monoisotopic (exact) mass is 475 g/mol. The molecule has 0 aliphatic carbocycles. The maximum Gasteiger partial charge on any atom is 0.349 e. The van der Waals surface area contributed by atoms with Crippen molar-refractivity contribution in [1.29, 1.82) is 5.26 Å². The molecular formula is C26H29N5O4. The van der Waals surface area contributed by atoms with Crippen molar-refractivity contribution >= 4 is 23.6 Å². The third-order valence-electron chi connectivity index (χ3n) is 5.66. The predicted molar refractivity (Wildman–Crippen MR) is 132 cm³/mol. The number of hydrogen-bond donors (Lipinski definition) is 1. The second-order valence-electron chi connectivity index (χ2n) is 8.06. The Hall–Kier alpha value is -4.16. The van der Waals surface area contributed by atoms with Crippen LogP contribution in [0.4, 0.5) is 5.69 Å². The van der Waals surface area contributed by atoms with Gasteiger partial charge in [-0.2, -0.15) is 10.4 Å². The number of amides is 1. The summed E-state index contributed by atoms with van der Waals surface area (Å²) in [5, 5.41) is 16.7. The average Bonchev–Trinajstić information content (AvgIpc) is 3.28. The van der Waals surface area contributed by atoms with Gasteiger partial charge in [0.1, 0.15) is 11.6 Å². The Morgan fingerprint density at radius 3 is 2.51 bits per heavy atom. The topological polar surface area (TPSA) is 111 Å². The molecule has 2 aromatic heterocycles. The molecule has 1 N–H and O–H groups in total. The van der Waals surface area contributed by atoms with Gasteiger partial charge in [0, 0.05) is 25.0 Å². The van der Waals surface area contributed by atoms with Gasteiger partial charge >= 0.3 is 5.97 Å². The van der Waals surface area contributed by atoms with Crippen molar-refractivity contribution in [2.75, 3.05) is 25.6 Å². The molecule has 0 saturated heterocycles. The molecule has 0 bridgehead atoms. The van der Waals surface area contributed by atoms with E-state index in [2.05, 4.69) is 10.4 Å². The number of ether oxygens (including phenoxy) is 2. The largest absolute Gasteiger partial charge is 0.451 e. The zero-order valence-corrected chi connectivity index (χ0v) is 20.6. The maximum absolute atomic E-state index is 12.5. The van der Waals surface area contributed by atoms with E-state index in [-0.39, 0.29) is 5.57 Å². The zero-order chi connectivity index (χ0) is 25.5. The number of aryl methyl sites for hydroxylation is 2. The van der Waals surface area contributed by atoms with Gasteiger partial charge < -0.3 is 19.4 Å². The van der Waals surface area contributed by atoms with Crippen molar-refractivity contribution in [2.24, 2.45) is 0 Å². The van der Waals surface area contributed by atoms with Gasteiger partial charge in [-0.3, -0.25) is 4.79 Å². The van der Waals surface area contributed by atoms with Crippen molar-refractivity contribution in [1.82, 2.24) is 14.3 Å². The van der Waals surface area contributed by atoms with E-state index in [4.69, 9.17) is 9.47 Å². The van der Waals surface area contributed by atoms with Crippen LogP contribution in [-0.4, -0.2) is 46.5 Å². The summed E-state index contributed by atoms with van der Waals surface area (Å²) in [5.74, 6) is -1.38. The minimum Gasteiger partial charge on any atom is -0.451 e. The highest BCUT2D eigenvalue weighted by atomic mass is 16.5. The molecular weight excluding hydrogens is 446 g/mol. The van der Waals surface area contributed by atoms with E-state index >= 15 is 0 Å². The number of carbonyl (C=O) groups is 2. The average molecular weight is 476 g/mol. The van der Waals surface area contributed by atoms with E-state index in [9.17, 15) is 14.9 Å². The molecule has 0 unspecified atom stereocenters. The third kappa shape index (κ3) is 5.86. The fourth-order valence-electron chi connectivity index (χ4n) is 3.82. The van der Waals surface area contributed by atoms with Gasteiger partial charge in [-0.1, -0.05) is 18.2 Å². The lowest BCUT2D eigenvalue weighted by molar-refractivity contribution is -0.142. The lowest BCUT2D eigenvalue weighted by Gasteiger charge is -2.08. The van der Waals surface area contributed by atoms with Crippen molar-refractivity contribution in [3.63, 3.8) is 0 Å². The van der Waals surface area contributed by atoms with Gasteiger partial charge in [-0.25, -0.2) is 9.48 Å². The van der Waals surface area contributed by atoms with Gasteiger partial charge in [-0.15, -0.1) is 0 Å². The molecule has 0 aliphatic rings. The van der Waals surface area contributed by atoms with E-state index in [1.165, 1.54) is 6.08 Å². The van der Waals surface area contributed by atoms with Crippen molar-refractivity contribution in [3.8, 4) is 11.8 Å². The SMILES string of the molecule is COCCn1c(C)cc(C=C(C#N)C(=O)OCC(=O)Nc2c(C)nn(-c3ccccc3)c2C)c1C.